The first-order chi connectivity index (χ1) is 10.9. The lowest BCUT2D eigenvalue weighted by Crippen LogP contribution is -2.31. The van der Waals surface area contributed by atoms with E-state index in [0.29, 0.717) is 31.1 Å². The molecule has 0 amide bonds. The van der Waals surface area contributed by atoms with Crippen LogP contribution in [0.2, 0.25) is 0 Å². The molecule has 23 heavy (non-hydrogen) atoms. The highest BCUT2D eigenvalue weighted by atomic mass is 32.2. The number of aryl methyl sites for hydroxylation is 3. The van der Waals surface area contributed by atoms with Crippen LogP contribution in [0.1, 0.15) is 17.9 Å². The molecule has 7 nitrogen and oxygen atoms in total. The molecule has 3 rings (SSSR count). The topological polar surface area (TPSA) is 77.3 Å². The minimum Gasteiger partial charge on any atom is -0.487 e. The zero-order valence-electron chi connectivity index (χ0n) is 13.4. The van der Waals surface area contributed by atoms with Crippen LogP contribution in [-0.2, 0) is 17.1 Å². The summed E-state index contributed by atoms with van der Waals surface area (Å²) in [5.41, 5.74) is 0.800. The lowest BCUT2D eigenvalue weighted by molar-refractivity contribution is 0.213. The summed E-state index contributed by atoms with van der Waals surface area (Å²) in [7, 11) is -1.79. The number of hydrogen-bond donors (Lipinski definition) is 0. The van der Waals surface area contributed by atoms with Gasteiger partial charge in [-0.1, -0.05) is 0 Å². The van der Waals surface area contributed by atoms with Gasteiger partial charge < -0.3 is 9.30 Å². The van der Waals surface area contributed by atoms with Crippen LogP contribution in [0.3, 0.4) is 0 Å². The second-order valence-electron chi connectivity index (χ2n) is 5.72. The summed E-state index contributed by atoms with van der Waals surface area (Å²) in [4.78, 5) is 8.31. The van der Waals surface area contributed by atoms with Gasteiger partial charge in [0.2, 0.25) is 0 Å². The molecule has 2 aromatic heterocycles. The second kappa shape index (κ2) is 5.93. The maximum absolute atomic E-state index is 12.6. The molecule has 1 fully saturated rings. The molecule has 0 aromatic carbocycles. The van der Waals surface area contributed by atoms with Gasteiger partial charge >= 0.3 is 0 Å². The van der Waals surface area contributed by atoms with Crippen LogP contribution in [-0.4, -0.2) is 46.5 Å². The van der Waals surface area contributed by atoms with Crippen molar-refractivity contribution in [2.24, 2.45) is 7.05 Å². The first-order valence-corrected chi connectivity index (χ1v) is 8.90. The Bertz CT molecular complexity index is 796. The molecular formula is C15H20N4O3S. The molecule has 0 spiro atoms. The molecule has 0 radical (unpaired) electrons. The molecule has 124 valence electrons. The van der Waals surface area contributed by atoms with E-state index in [-0.39, 0.29) is 11.1 Å². The first-order valence-electron chi connectivity index (χ1n) is 7.46. The van der Waals surface area contributed by atoms with Crippen molar-refractivity contribution < 1.29 is 13.2 Å². The van der Waals surface area contributed by atoms with Crippen molar-refractivity contribution in [2.75, 3.05) is 13.1 Å². The van der Waals surface area contributed by atoms with E-state index in [1.54, 1.807) is 30.9 Å². The van der Waals surface area contributed by atoms with Gasteiger partial charge in [0, 0.05) is 26.0 Å². The number of pyridine rings is 1. The van der Waals surface area contributed by atoms with E-state index in [1.807, 2.05) is 19.1 Å². The quantitative estimate of drug-likeness (QED) is 0.840. The van der Waals surface area contributed by atoms with Crippen molar-refractivity contribution in [3.05, 3.63) is 36.0 Å². The van der Waals surface area contributed by atoms with E-state index in [4.69, 9.17) is 4.74 Å². The smallest absolute Gasteiger partial charge is 0.262 e. The molecule has 3 heterocycles. The average Bonchev–Trinajstić information content (AvgIpc) is 3.10. The zero-order valence-corrected chi connectivity index (χ0v) is 14.2. The van der Waals surface area contributed by atoms with Gasteiger partial charge in [-0.2, -0.15) is 4.31 Å². The van der Waals surface area contributed by atoms with Gasteiger partial charge in [-0.3, -0.25) is 4.98 Å². The summed E-state index contributed by atoms with van der Waals surface area (Å²) in [6, 6.07) is 3.66. The molecule has 8 heteroatoms. The number of ether oxygens (including phenoxy) is 1. The summed E-state index contributed by atoms with van der Waals surface area (Å²) in [6.07, 6.45) is 3.73. The number of imidazole rings is 1. The predicted molar refractivity (Wildman–Crippen MR) is 84.7 cm³/mol. The Balaban J connectivity index is 1.73. The van der Waals surface area contributed by atoms with Gasteiger partial charge in [-0.15, -0.1) is 0 Å². The molecule has 1 aliphatic heterocycles. The fourth-order valence-electron chi connectivity index (χ4n) is 2.57. The predicted octanol–water partition coefficient (Wildman–Crippen LogP) is 1.27. The third-order valence-electron chi connectivity index (χ3n) is 4.05. The summed E-state index contributed by atoms with van der Waals surface area (Å²) in [5, 5.41) is 0.0932. The third kappa shape index (κ3) is 3.09. The summed E-state index contributed by atoms with van der Waals surface area (Å²) >= 11 is 0. The molecule has 0 N–H and O–H groups in total. The fraction of sp³-hybridized carbons (Fsp3) is 0.467. The molecule has 1 saturated heterocycles. The number of rotatable bonds is 4. The fourth-order valence-corrected chi connectivity index (χ4v) is 4.08. The summed E-state index contributed by atoms with van der Waals surface area (Å²) in [6.45, 7) is 4.41. The van der Waals surface area contributed by atoms with Crippen LogP contribution in [0.15, 0.2) is 29.6 Å². The monoisotopic (exact) mass is 336 g/mol. The minimum atomic E-state index is -3.57. The Morgan fingerprint density at radius 1 is 1.35 bits per heavy atom. The number of sulfonamides is 1. The average molecular weight is 336 g/mol. The normalized spacial score (nSPS) is 19.2. The van der Waals surface area contributed by atoms with Crippen LogP contribution in [0.25, 0.3) is 0 Å². The minimum absolute atomic E-state index is 0.0932. The van der Waals surface area contributed by atoms with E-state index < -0.39 is 10.0 Å². The summed E-state index contributed by atoms with van der Waals surface area (Å²) < 4.78 is 34.3. The largest absolute Gasteiger partial charge is 0.487 e. The maximum Gasteiger partial charge on any atom is 0.262 e. The highest BCUT2D eigenvalue weighted by Gasteiger charge is 2.35. The number of nitrogens with zero attached hydrogens (tertiary/aromatic N) is 4. The Labute approximate surface area is 136 Å². The highest BCUT2D eigenvalue weighted by molar-refractivity contribution is 7.89. The van der Waals surface area contributed by atoms with Crippen molar-refractivity contribution >= 4 is 10.0 Å². The Morgan fingerprint density at radius 2 is 2.13 bits per heavy atom. The molecule has 0 bridgehead atoms. The van der Waals surface area contributed by atoms with Gasteiger partial charge in [0.1, 0.15) is 17.7 Å². The van der Waals surface area contributed by atoms with Crippen LogP contribution >= 0.6 is 0 Å². The Kier molecular flexibility index (Phi) is 4.11. The SMILES string of the molecule is Cc1ncccc1O[C@H]1CCN(S(=O)(=O)c2cn(C)c(C)n2)C1. The molecule has 1 aliphatic rings. The van der Waals surface area contributed by atoms with Gasteiger partial charge in [0.15, 0.2) is 5.03 Å². The number of aromatic nitrogens is 3. The molecular weight excluding hydrogens is 316 g/mol. The lowest BCUT2D eigenvalue weighted by Gasteiger charge is -2.16. The van der Waals surface area contributed by atoms with Crippen LogP contribution in [0.4, 0.5) is 0 Å². The third-order valence-corrected chi connectivity index (χ3v) is 5.79. The van der Waals surface area contributed by atoms with Gasteiger partial charge in [0.25, 0.3) is 10.0 Å². The molecule has 0 saturated carbocycles. The van der Waals surface area contributed by atoms with E-state index in [0.717, 1.165) is 5.69 Å². The molecule has 1 atom stereocenters. The van der Waals surface area contributed by atoms with Crippen LogP contribution in [0.5, 0.6) is 5.75 Å². The molecule has 0 aliphatic carbocycles. The van der Waals surface area contributed by atoms with Crippen molar-refractivity contribution in [3.63, 3.8) is 0 Å². The Morgan fingerprint density at radius 3 is 2.78 bits per heavy atom. The van der Waals surface area contributed by atoms with Gasteiger partial charge in [-0.25, -0.2) is 13.4 Å². The summed E-state index contributed by atoms with van der Waals surface area (Å²) in [5.74, 6) is 1.37. The van der Waals surface area contributed by atoms with E-state index in [9.17, 15) is 8.42 Å². The van der Waals surface area contributed by atoms with Crippen molar-refractivity contribution in [2.45, 2.75) is 31.4 Å². The first kappa shape index (κ1) is 15.9. The Hall–Kier alpha value is -1.93. The molecule has 0 unspecified atom stereocenters. The second-order valence-corrected chi connectivity index (χ2v) is 7.60. The van der Waals surface area contributed by atoms with Gasteiger partial charge in [0.05, 0.1) is 12.2 Å². The van der Waals surface area contributed by atoms with Crippen molar-refractivity contribution in [3.8, 4) is 5.75 Å². The van der Waals surface area contributed by atoms with E-state index in [2.05, 4.69) is 9.97 Å². The van der Waals surface area contributed by atoms with Crippen LogP contribution in [0, 0.1) is 13.8 Å². The van der Waals surface area contributed by atoms with Crippen LogP contribution < -0.4 is 4.74 Å². The molecule has 2 aromatic rings. The highest BCUT2D eigenvalue weighted by Crippen LogP contribution is 2.24. The van der Waals surface area contributed by atoms with Crippen molar-refractivity contribution in [1.29, 1.82) is 0 Å². The number of hydrogen-bond acceptors (Lipinski definition) is 5. The zero-order chi connectivity index (χ0) is 16.6. The van der Waals surface area contributed by atoms with Crippen molar-refractivity contribution in [1.82, 2.24) is 18.8 Å². The maximum atomic E-state index is 12.6. The van der Waals surface area contributed by atoms with E-state index in [1.165, 1.54) is 4.31 Å². The van der Waals surface area contributed by atoms with E-state index >= 15 is 0 Å². The standard InChI is InChI=1S/C15H20N4O3S/c1-11-14(5-4-7-16-11)22-13-6-8-19(9-13)23(20,21)15-10-18(3)12(2)17-15/h4-5,7,10,13H,6,8-9H2,1-3H3/t13-/m0/s1. The lowest BCUT2D eigenvalue weighted by atomic mass is 10.3. The van der Waals surface area contributed by atoms with Gasteiger partial charge in [-0.05, 0) is 32.4 Å².